The van der Waals surface area contributed by atoms with E-state index < -0.39 is 0 Å². The maximum Gasteiger partial charge on any atom is 0.191 e. The van der Waals surface area contributed by atoms with Crippen molar-refractivity contribution in [2.24, 2.45) is 4.99 Å². The van der Waals surface area contributed by atoms with Crippen LogP contribution in [-0.2, 0) is 0 Å². The molecule has 0 bridgehead atoms. The van der Waals surface area contributed by atoms with Crippen LogP contribution >= 0.6 is 24.0 Å². The summed E-state index contributed by atoms with van der Waals surface area (Å²) in [6.07, 6.45) is 6.69. The first kappa shape index (κ1) is 18.7. The average molecular weight is 407 g/mol. The predicted octanol–water partition coefficient (Wildman–Crippen LogP) is 1.13. The number of halogens is 1. The molecule has 1 aliphatic carbocycles. The van der Waals surface area contributed by atoms with Crippen LogP contribution in [0.2, 0.25) is 0 Å². The molecule has 0 unspecified atom stereocenters. The van der Waals surface area contributed by atoms with Crippen LogP contribution in [0.4, 0.5) is 0 Å². The van der Waals surface area contributed by atoms with Crippen molar-refractivity contribution in [2.45, 2.75) is 25.8 Å². The predicted molar refractivity (Wildman–Crippen MR) is 101 cm³/mol. The fraction of sp³-hybridized carbons (Fsp3) is 0.800. The Kier molecular flexibility index (Phi) is 9.26. The highest BCUT2D eigenvalue weighted by atomic mass is 127. The van der Waals surface area contributed by atoms with E-state index >= 15 is 0 Å². The lowest BCUT2D eigenvalue weighted by atomic mass is 10.2. The molecule has 6 heteroatoms. The number of likely N-dealkylation sites (N-methyl/N-ethyl adjacent to an activating group) is 1. The zero-order valence-corrected chi connectivity index (χ0v) is 15.7. The minimum absolute atomic E-state index is 0. The van der Waals surface area contributed by atoms with E-state index in [4.69, 9.17) is 0 Å². The molecule has 1 aliphatic heterocycles. The second kappa shape index (κ2) is 10.4. The molecule has 21 heavy (non-hydrogen) atoms. The molecular weight excluding hydrogens is 377 g/mol. The second-order valence-electron chi connectivity index (χ2n) is 5.56. The Morgan fingerprint density at radius 2 is 1.76 bits per heavy atom. The van der Waals surface area contributed by atoms with Crippen molar-refractivity contribution in [3.05, 3.63) is 12.2 Å². The van der Waals surface area contributed by atoms with Gasteiger partial charge in [0.25, 0.3) is 0 Å². The van der Waals surface area contributed by atoms with Crippen LogP contribution in [0, 0.1) is 0 Å². The van der Waals surface area contributed by atoms with Crippen molar-refractivity contribution in [1.29, 1.82) is 0 Å². The van der Waals surface area contributed by atoms with E-state index in [2.05, 4.69) is 44.5 Å². The number of hydrogen-bond acceptors (Lipinski definition) is 3. The second-order valence-corrected chi connectivity index (χ2v) is 5.56. The molecule has 0 amide bonds. The Morgan fingerprint density at radius 1 is 1.14 bits per heavy atom. The Morgan fingerprint density at radius 3 is 2.33 bits per heavy atom. The molecular formula is C15H30IN5. The summed E-state index contributed by atoms with van der Waals surface area (Å²) in [7, 11) is 1.84. The Bertz CT molecular complexity index is 329. The van der Waals surface area contributed by atoms with Gasteiger partial charge >= 0.3 is 0 Å². The van der Waals surface area contributed by atoms with E-state index in [1.54, 1.807) is 0 Å². The molecule has 122 valence electrons. The van der Waals surface area contributed by atoms with E-state index in [0.717, 1.165) is 31.9 Å². The maximum atomic E-state index is 4.30. The molecule has 1 heterocycles. The van der Waals surface area contributed by atoms with Gasteiger partial charge < -0.3 is 15.5 Å². The molecule has 0 radical (unpaired) electrons. The van der Waals surface area contributed by atoms with Crippen molar-refractivity contribution >= 4 is 29.9 Å². The molecule has 5 nitrogen and oxygen atoms in total. The smallest absolute Gasteiger partial charge is 0.191 e. The standard InChI is InChI=1S/C15H29N5.HI/c1-3-19-10-12-20(13-11-19)9-8-17-15(16-2)18-14-6-4-5-7-14;/h4-5,14H,3,6-13H2,1-2H3,(H2,16,17,18);1H. The average Bonchev–Trinajstić information content (AvgIpc) is 3.00. The van der Waals surface area contributed by atoms with Crippen LogP contribution in [0.15, 0.2) is 17.1 Å². The van der Waals surface area contributed by atoms with Crippen molar-refractivity contribution in [3.63, 3.8) is 0 Å². The summed E-state index contributed by atoms with van der Waals surface area (Å²) >= 11 is 0. The van der Waals surface area contributed by atoms with E-state index in [0.29, 0.717) is 6.04 Å². The monoisotopic (exact) mass is 407 g/mol. The van der Waals surface area contributed by atoms with Crippen LogP contribution in [-0.4, -0.2) is 74.7 Å². The highest BCUT2D eigenvalue weighted by molar-refractivity contribution is 14.0. The summed E-state index contributed by atoms with van der Waals surface area (Å²) in [6.45, 7) is 10.3. The first-order valence-corrected chi connectivity index (χ1v) is 7.88. The number of nitrogens with one attached hydrogen (secondary N) is 2. The summed E-state index contributed by atoms with van der Waals surface area (Å²) in [5.41, 5.74) is 0. The number of nitrogens with zero attached hydrogens (tertiary/aromatic N) is 3. The molecule has 2 N–H and O–H groups in total. The van der Waals surface area contributed by atoms with Crippen molar-refractivity contribution in [2.75, 3.05) is 52.9 Å². The first-order valence-electron chi connectivity index (χ1n) is 7.88. The van der Waals surface area contributed by atoms with Crippen molar-refractivity contribution < 1.29 is 0 Å². The summed E-state index contributed by atoms with van der Waals surface area (Å²) in [6, 6.07) is 0.522. The lowest BCUT2D eigenvalue weighted by molar-refractivity contribution is 0.139. The van der Waals surface area contributed by atoms with Gasteiger partial charge in [-0.3, -0.25) is 9.89 Å². The quantitative estimate of drug-likeness (QED) is 0.310. The van der Waals surface area contributed by atoms with Gasteiger partial charge in [0.2, 0.25) is 0 Å². The molecule has 0 aromatic rings. The fourth-order valence-electron chi connectivity index (χ4n) is 2.78. The molecule has 2 aliphatic rings. The number of piperazine rings is 1. The van der Waals surface area contributed by atoms with Crippen LogP contribution < -0.4 is 10.6 Å². The topological polar surface area (TPSA) is 42.9 Å². The summed E-state index contributed by atoms with van der Waals surface area (Å²) < 4.78 is 0. The van der Waals surface area contributed by atoms with E-state index in [1.807, 2.05) is 7.05 Å². The van der Waals surface area contributed by atoms with Crippen molar-refractivity contribution in [3.8, 4) is 0 Å². The van der Waals surface area contributed by atoms with Gasteiger partial charge in [0.15, 0.2) is 5.96 Å². The van der Waals surface area contributed by atoms with E-state index in [-0.39, 0.29) is 24.0 Å². The third-order valence-electron chi connectivity index (χ3n) is 4.20. The third-order valence-corrected chi connectivity index (χ3v) is 4.20. The van der Waals surface area contributed by atoms with Gasteiger partial charge in [-0.1, -0.05) is 19.1 Å². The normalized spacial score (nSPS) is 21.3. The number of hydrogen-bond donors (Lipinski definition) is 2. The minimum Gasteiger partial charge on any atom is -0.355 e. The molecule has 0 aromatic heterocycles. The molecule has 1 fully saturated rings. The zero-order valence-electron chi connectivity index (χ0n) is 13.3. The summed E-state index contributed by atoms with van der Waals surface area (Å²) in [4.78, 5) is 9.34. The maximum absolute atomic E-state index is 4.30. The fourth-order valence-corrected chi connectivity index (χ4v) is 2.78. The van der Waals surface area contributed by atoms with E-state index in [9.17, 15) is 0 Å². The lowest BCUT2D eigenvalue weighted by Crippen LogP contribution is -2.49. The van der Waals surface area contributed by atoms with Crippen LogP contribution in [0.25, 0.3) is 0 Å². The van der Waals surface area contributed by atoms with Gasteiger partial charge in [-0.05, 0) is 19.4 Å². The van der Waals surface area contributed by atoms with Crippen LogP contribution in [0.1, 0.15) is 19.8 Å². The Hall–Kier alpha value is -0.340. The number of guanidine groups is 1. The number of rotatable bonds is 5. The van der Waals surface area contributed by atoms with Gasteiger partial charge in [-0.2, -0.15) is 0 Å². The Balaban J connectivity index is 0.00000220. The minimum atomic E-state index is 0. The van der Waals surface area contributed by atoms with Gasteiger partial charge in [0.05, 0.1) is 0 Å². The first-order chi connectivity index (χ1) is 9.81. The third kappa shape index (κ3) is 6.52. The van der Waals surface area contributed by atoms with Crippen LogP contribution in [0.5, 0.6) is 0 Å². The van der Waals surface area contributed by atoms with Gasteiger partial charge in [0, 0.05) is 52.4 Å². The highest BCUT2D eigenvalue weighted by Crippen LogP contribution is 2.08. The molecule has 0 aromatic carbocycles. The SMILES string of the molecule is CCN1CCN(CCNC(=NC)NC2CC=CC2)CC1.I. The molecule has 0 atom stereocenters. The van der Waals surface area contributed by atoms with Gasteiger partial charge in [-0.15, -0.1) is 24.0 Å². The molecule has 1 saturated heterocycles. The zero-order chi connectivity index (χ0) is 14.2. The van der Waals surface area contributed by atoms with E-state index in [1.165, 1.54) is 32.7 Å². The van der Waals surface area contributed by atoms with Gasteiger partial charge in [-0.25, -0.2) is 0 Å². The molecule has 0 saturated carbocycles. The van der Waals surface area contributed by atoms with Gasteiger partial charge in [0.1, 0.15) is 0 Å². The van der Waals surface area contributed by atoms with Crippen LogP contribution in [0.3, 0.4) is 0 Å². The Labute approximate surface area is 146 Å². The largest absolute Gasteiger partial charge is 0.355 e. The highest BCUT2D eigenvalue weighted by Gasteiger charge is 2.15. The lowest BCUT2D eigenvalue weighted by Gasteiger charge is -2.34. The molecule has 0 spiro atoms. The number of aliphatic imine (C=N–C) groups is 1. The summed E-state index contributed by atoms with van der Waals surface area (Å²) in [5.74, 6) is 0.936. The van der Waals surface area contributed by atoms with Crippen molar-refractivity contribution in [1.82, 2.24) is 20.4 Å². The summed E-state index contributed by atoms with van der Waals surface area (Å²) in [5, 5.41) is 6.89. The molecule has 2 rings (SSSR count).